The van der Waals surface area contributed by atoms with Crippen LogP contribution in [0.25, 0.3) is 0 Å². The molecule has 1 fully saturated rings. The van der Waals surface area contributed by atoms with Crippen molar-refractivity contribution >= 4 is 11.8 Å². The summed E-state index contributed by atoms with van der Waals surface area (Å²) in [5.74, 6) is 1.55. The summed E-state index contributed by atoms with van der Waals surface area (Å²) < 4.78 is 12.9. The maximum Gasteiger partial charge on any atom is 0.123 e. The largest absolute Gasteiger partial charge is 0.313 e. The van der Waals surface area contributed by atoms with Crippen LogP contribution in [0.1, 0.15) is 24.3 Å². The van der Waals surface area contributed by atoms with Gasteiger partial charge in [-0.2, -0.15) is 0 Å². The fourth-order valence-electron chi connectivity index (χ4n) is 2.74. The Morgan fingerprint density at radius 1 is 1.00 bits per heavy atom. The second kappa shape index (κ2) is 7.10. The third kappa shape index (κ3) is 4.08. The summed E-state index contributed by atoms with van der Waals surface area (Å²) in [5, 5.41) is 3.61. The lowest BCUT2D eigenvalue weighted by atomic mass is 9.76. The molecule has 110 valence electrons. The number of halogens is 1. The molecular weight excluding hydrogens is 281 g/mol. The standard InChI is InChI=1S/C18H20FNS/c19-16-8-6-14(7-9-16)15-12-17(13-15)20-10-11-21-18-4-2-1-3-5-18/h1-9,15,17,20H,10-13H2. The zero-order chi connectivity index (χ0) is 14.5. The van der Waals surface area contributed by atoms with Crippen LogP contribution in [-0.2, 0) is 0 Å². The molecule has 1 aliphatic carbocycles. The number of hydrogen-bond donors (Lipinski definition) is 1. The summed E-state index contributed by atoms with van der Waals surface area (Å²) in [6, 6.07) is 18.1. The predicted octanol–water partition coefficient (Wildman–Crippen LogP) is 4.45. The van der Waals surface area contributed by atoms with E-state index in [0.717, 1.165) is 12.3 Å². The fourth-order valence-corrected chi connectivity index (χ4v) is 3.55. The zero-order valence-electron chi connectivity index (χ0n) is 12.0. The van der Waals surface area contributed by atoms with Gasteiger partial charge in [0.05, 0.1) is 0 Å². The van der Waals surface area contributed by atoms with Gasteiger partial charge in [0.1, 0.15) is 5.82 Å². The molecule has 1 aliphatic rings. The molecular formula is C18H20FNS. The molecule has 0 radical (unpaired) electrons. The van der Waals surface area contributed by atoms with Crippen LogP contribution in [0.5, 0.6) is 0 Å². The highest BCUT2D eigenvalue weighted by molar-refractivity contribution is 7.99. The van der Waals surface area contributed by atoms with Gasteiger partial charge in [0, 0.05) is 23.2 Å². The van der Waals surface area contributed by atoms with E-state index >= 15 is 0 Å². The smallest absolute Gasteiger partial charge is 0.123 e. The molecule has 2 aromatic rings. The van der Waals surface area contributed by atoms with Crippen molar-refractivity contribution in [3.05, 3.63) is 66.0 Å². The van der Waals surface area contributed by atoms with E-state index < -0.39 is 0 Å². The highest BCUT2D eigenvalue weighted by Gasteiger charge is 2.29. The Labute approximate surface area is 130 Å². The molecule has 1 N–H and O–H groups in total. The van der Waals surface area contributed by atoms with Gasteiger partial charge >= 0.3 is 0 Å². The van der Waals surface area contributed by atoms with Crippen molar-refractivity contribution in [2.45, 2.75) is 29.7 Å². The van der Waals surface area contributed by atoms with Crippen molar-refractivity contribution in [2.75, 3.05) is 12.3 Å². The van der Waals surface area contributed by atoms with Crippen LogP contribution in [0.4, 0.5) is 4.39 Å². The van der Waals surface area contributed by atoms with Crippen molar-refractivity contribution in [2.24, 2.45) is 0 Å². The van der Waals surface area contributed by atoms with Gasteiger partial charge in [0.2, 0.25) is 0 Å². The summed E-state index contributed by atoms with van der Waals surface area (Å²) in [5.41, 5.74) is 1.27. The molecule has 0 amide bonds. The highest BCUT2D eigenvalue weighted by Crippen LogP contribution is 2.36. The Morgan fingerprint density at radius 2 is 1.71 bits per heavy atom. The fraction of sp³-hybridized carbons (Fsp3) is 0.333. The molecule has 3 rings (SSSR count). The molecule has 1 nitrogen and oxygen atoms in total. The van der Waals surface area contributed by atoms with E-state index in [1.807, 2.05) is 30.0 Å². The molecule has 0 saturated heterocycles. The Kier molecular flexibility index (Phi) is 4.94. The molecule has 0 heterocycles. The number of hydrogen-bond acceptors (Lipinski definition) is 2. The van der Waals surface area contributed by atoms with E-state index in [1.54, 1.807) is 12.1 Å². The van der Waals surface area contributed by atoms with E-state index in [0.29, 0.717) is 12.0 Å². The third-order valence-corrected chi connectivity index (χ3v) is 5.04. The zero-order valence-corrected chi connectivity index (χ0v) is 12.8. The van der Waals surface area contributed by atoms with Crippen LogP contribution in [0.3, 0.4) is 0 Å². The average Bonchev–Trinajstić information content (AvgIpc) is 2.48. The van der Waals surface area contributed by atoms with E-state index in [4.69, 9.17) is 0 Å². The monoisotopic (exact) mass is 301 g/mol. The summed E-state index contributed by atoms with van der Waals surface area (Å²) in [4.78, 5) is 1.33. The van der Waals surface area contributed by atoms with Crippen LogP contribution >= 0.6 is 11.8 Å². The maximum atomic E-state index is 12.9. The van der Waals surface area contributed by atoms with Gasteiger partial charge in [-0.25, -0.2) is 4.39 Å². The maximum absolute atomic E-state index is 12.9. The topological polar surface area (TPSA) is 12.0 Å². The number of benzene rings is 2. The Morgan fingerprint density at radius 3 is 2.43 bits per heavy atom. The van der Waals surface area contributed by atoms with Crippen molar-refractivity contribution in [1.82, 2.24) is 5.32 Å². The number of nitrogens with one attached hydrogen (secondary N) is 1. The highest BCUT2D eigenvalue weighted by atomic mass is 32.2. The Balaban J connectivity index is 1.33. The first-order chi connectivity index (χ1) is 10.3. The van der Waals surface area contributed by atoms with Gasteiger partial charge < -0.3 is 5.32 Å². The van der Waals surface area contributed by atoms with Crippen molar-refractivity contribution in [3.8, 4) is 0 Å². The van der Waals surface area contributed by atoms with Gasteiger partial charge in [0.15, 0.2) is 0 Å². The van der Waals surface area contributed by atoms with Crippen molar-refractivity contribution in [3.63, 3.8) is 0 Å². The molecule has 0 atom stereocenters. The predicted molar refractivity (Wildman–Crippen MR) is 87.3 cm³/mol. The van der Waals surface area contributed by atoms with E-state index in [2.05, 4.69) is 29.6 Å². The first-order valence-corrected chi connectivity index (χ1v) is 8.46. The van der Waals surface area contributed by atoms with Crippen molar-refractivity contribution in [1.29, 1.82) is 0 Å². The van der Waals surface area contributed by atoms with E-state index in [-0.39, 0.29) is 5.82 Å². The summed E-state index contributed by atoms with van der Waals surface area (Å²) in [6.07, 6.45) is 2.34. The summed E-state index contributed by atoms with van der Waals surface area (Å²) in [6.45, 7) is 1.04. The molecule has 0 spiro atoms. The van der Waals surface area contributed by atoms with Crippen LogP contribution in [0.2, 0.25) is 0 Å². The summed E-state index contributed by atoms with van der Waals surface area (Å²) in [7, 11) is 0. The SMILES string of the molecule is Fc1ccc(C2CC(NCCSc3ccccc3)C2)cc1. The van der Waals surface area contributed by atoms with Crippen LogP contribution < -0.4 is 5.32 Å². The minimum absolute atomic E-state index is 0.148. The average molecular weight is 301 g/mol. The van der Waals surface area contributed by atoms with Crippen molar-refractivity contribution < 1.29 is 4.39 Å². The minimum atomic E-state index is -0.148. The van der Waals surface area contributed by atoms with Crippen LogP contribution in [-0.4, -0.2) is 18.3 Å². The molecule has 0 aromatic heterocycles. The second-order valence-corrected chi connectivity index (χ2v) is 6.70. The van der Waals surface area contributed by atoms with Crippen LogP contribution in [0, 0.1) is 5.82 Å². The quantitative estimate of drug-likeness (QED) is 0.625. The first-order valence-electron chi connectivity index (χ1n) is 7.48. The second-order valence-electron chi connectivity index (χ2n) is 5.53. The lowest BCUT2D eigenvalue weighted by Gasteiger charge is -2.36. The van der Waals surface area contributed by atoms with E-state index in [9.17, 15) is 4.39 Å². The van der Waals surface area contributed by atoms with Crippen LogP contribution in [0.15, 0.2) is 59.5 Å². The number of thioether (sulfide) groups is 1. The van der Waals surface area contributed by atoms with Gasteiger partial charge in [-0.1, -0.05) is 30.3 Å². The lowest BCUT2D eigenvalue weighted by molar-refractivity contribution is 0.296. The molecule has 3 heteroatoms. The normalized spacial score (nSPS) is 21.0. The van der Waals surface area contributed by atoms with Gasteiger partial charge in [-0.05, 0) is 48.6 Å². The molecule has 1 saturated carbocycles. The Hall–Kier alpha value is -1.32. The molecule has 0 bridgehead atoms. The van der Waals surface area contributed by atoms with Gasteiger partial charge in [0.25, 0.3) is 0 Å². The molecule has 21 heavy (non-hydrogen) atoms. The minimum Gasteiger partial charge on any atom is -0.313 e. The molecule has 0 aliphatic heterocycles. The van der Waals surface area contributed by atoms with Gasteiger partial charge in [-0.3, -0.25) is 0 Å². The molecule has 2 aromatic carbocycles. The first kappa shape index (κ1) is 14.6. The third-order valence-electron chi connectivity index (χ3n) is 4.03. The lowest BCUT2D eigenvalue weighted by Crippen LogP contribution is -2.41. The van der Waals surface area contributed by atoms with E-state index in [1.165, 1.54) is 23.3 Å². The molecule has 0 unspecified atom stereocenters. The van der Waals surface area contributed by atoms with Gasteiger partial charge in [-0.15, -0.1) is 11.8 Å². The Bertz CT molecular complexity index is 549. The summed E-state index contributed by atoms with van der Waals surface area (Å²) >= 11 is 1.89. The number of rotatable bonds is 6.